The molecule has 0 atom stereocenters. The predicted octanol–water partition coefficient (Wildman–Crippen LogP) is 4.12. The highest BCUT2D eigenvalue weighted by Gasteiger charge is 2.31. The van der Waals surface area contributed by atoms with Gasteiger partial charge < -0.3 is 24.6 Å². The lowest BCUT2D eigenvalue weighted by Gasteiger charge is -2.39. The number of urea groups is 1. The highest BCUT2D eigenvalue weighted by atomic mass is 19.1. The van der Waals surface area contributed by atoms with Crippen LogP contribution in [-0.2, 0) is 17.8 Å². The number of rotatable bonds is 4. The number of ether oxygens (including phenoxy) is 2. The molecule has 3 amide bonds. The Balaban J connectivity index is 1.59. The van der Waals surface area contributed by atoms with Gasteiger partial charge in [0, 0.05) is 56.1 Å². The first-order chi connectivity index (χ1) is 16.1. The average molecular weight is 471 g/mol. The molecule has 8 nitrogen and oxygen atoms in total. The molecule has 1 saturated heterocycles. The van der Waals surface area contributed by atoms with Gasteiger partial charge in [0.1, 0.15) is 17.2 Å². The number of fused-ring (bicyclic) bond motifs is 1. The van der Waals surface area contributed by atoms with Gasteiger partial charge in [0.15, 0.2) is 0 Å². The molecule has 1 N–H and O–H groups in total. The first-order valence-electron chi connectivity index (χ1n) is 11.4. The number of benzene rings is 2. The van der Waals surface area contributed by atoms with Gasteiger partial charge in [-0.3, -0.25) is 4.90 Å². The van der Waals surface area contributed by atoms with E-state index >= 15 is 0 Å². The minimum atomic E-state index is -0.538. The number of carbonyl (C=O) groups excluding carboxylic acids is 2. The van der Waals surface area contributed by atoms with E-state index in [-0.39, 0.29) is 24.5 Å². The summed E-state index contributed by atoms with van der Waals surface area (Å²) in [6.45, 7) is 8.47. The highest BCUT2D eigenvalue weighted by Crippen LogP contribution is 2.38. The van der Waals surface area contributed by atoms with Crippen LogP contribution in [0.1, 0.15) is 31.9 Å². The molecule has 0 bridgehead atoms. The van der Waals surface area contributed by atoms with Crippen molar-refractivity contribution in [2.75, 3.05) is 43.1 Å². The lowest BCUT2D eigenvalue weighted by Crippen LogP contribution is -2.51. The van der Waals surface area contributed by atoms with Gasteiger partial charge in [-0.15, -0.1) is 0 Å². The third-order valence-electron chi connectivity index (χ3n) is 5.87. The van der Waals surface area contributed by atoms with E-state index in [1.54, 1.807) is 29.0 Å². The molecule has 1 fully saturated rings. The largest absolute Gasteiger partial charge is 0.497 e. The van der Waals surface area contributed by atoms with E-state index in [1.807, 2.05) is 32.9 Å². The Morgan fingerprint density at radius 1 is 1.09 bits per heavy atom. The zero-order chi connectivity index (χ0) is 24.5. The van der Waals surface area contributed by atoms with Crippen molar-refractivity contribution in [3.8, 4) is 5.75 Å². The lowest BCUT2D eigenvalue weighted by atomic mass is 10.0. The Morgan fingerprint density at radius 3 is 2.44 bits per heavy atom. The lowest BCUT2D eigenvalue weighted by molar-refractivity contribution is 0.0240. The topological polar surface area (TPSA) is 74.4 Å². The zero-order valence-electron chi connectivity index (χ0n) is 20.1. The SMILES string of the molecule is COc1cc(N2CCN(C(=O)OC(C)(C)C)CC2)c2c(c1)N(Cc1cccc(F)c1)C(=O)NC2. The zero-order valence-corrected chi connectivity index (χ0v) is 20.1. The fraction of sp³-hybridized carbons (Fsp3) is 0.440. The average Bonchev–Trinajstić information content (AvgIpc) is 2.79. The van der Waals surface area contributed by atoms with Crippen LogP contribution in [0.3, 0.4) is 0 Å². The molecule has 34 heavy (non-hydrogen) atoms. The smallest absolute Gasteiger partial charge is 0.410 e. The van der Waals surface area contributed by atoms with E-state index in [0.29, 0.717) is 44.0 Å². The highest BCUT2D eigenvalue weighted by molar-refractivity contribution is 5.96. The van der Waals surface area contributed by atoms with Crippen LogP contribution in [0.5, 0.6) is 5.75 Å². The summed E-state index contributed by atoms with van der Waals surface area (Å²) in [5.74, 6) is 0.284. The summed E-state index contributed by atoms with van der Waals surface area (Å²) in [4.78, 5) is 30.7. The molecule has 2 aromatic rings. The number of methoxy groups -OCH3 is 1. The number of amides is 3. The Labute approximate surface area is 199 Å². The Hall–Kier alpha value is -3.49. The normalized spacial score (nSPS) is 16.1. The molecule has 0 aliphatic carbocycles. The molecule has 9 heteroatoms. The first-order valence-corrected chi connectivity index (χ1v) is 11.4. The van der Waals surface area contributed by atoms with E-state index in [9.17, 15) is 14.0 Å². The van der Waals surface area contributed by atoms with Crippen LogP contribution in [0.25, 0.3) is 0 Å². The van der Waals surface area contributed by atoms with Crippen molar-refractivity contribution in [1.82, 2.24) is 10.2 Å². The molecule has 2 aliphatic rings. The van der Waals surface area contributed by atoms with Gasteiger partial charge in [-0.1, -0.05) is 12.1 Å². The summed E-state index contributed by atoms with van der Waals surface area (Å²) >= 11 is 0. The van der Waals surface area contributed by atoms with E-state index in [2.05, 4.69) is 10.2 Å². The van der Waals surface area contributed by atoms with Crippen molar-refractivity contribution in [3.05, 3.63) is 53.3 Å². The minimum absolute atomic E-state index is 0.232. The molecule has 4 rings (SSSR count). The summed E-state index contributed by atoms with van der Waals surface area (Å²) < 4.78 is 24.8. The van der Waals surface area contributed by atoms with Crippen LogP contribution in [0.2, 0.25) is 0 Å². The van der Waals surface area contributed by atoms with Gasteiger partial charge >= 0.3 is 12.1 Å². The van der Waals surface area contributed by atoms with Crippen LogP contribution in [0.4, 0.5) is 25.4 Å². The number of carbonyl (C=O) groups is 2. The number of piperazine rings is 1. The first kappa shape index (κ1) is 23.7. The molecule has 2 aromatic carbocycles. The van der Waals surface area contributed by atoms with E-state index in [1.165, 1.54) is 12.1 Å². The van der Waals surface area contributed by atoms with Crippen LogP contribution >= 0.6 is 0 Å². The molecular formula is C25H31FN4O4. The van der Waals surface area contributed by atoms with Crippen molar-refractivity contribution >= 4 is 23.5 Å². The quantitative estimate of drug-likeness (QED) is 0.728. The third kappa shape index (κ3) is 5.18. The van der Waals surface area contributed by atoms with Crippen molar-refractivity contribution in [1.29, 1.82) is 0 Å². The molecule has 2 heterocycles. The number of nitrogens with zero attached hydrogens (tertiary/aromatic N) is 3. The van der Waals surface area contributed by atoms with E-state index < -0.39 is 5.60 Å². The van der Waals surface area contributed by atoms with Crippen molar-refractivity contribution in [2.45, 2.75) is 39.5 Å². The summed E-state index contributed by atoms with van der Waals surface area (Å²) in [5, 5.41) is 2.93. The maximum absolute atomic E-state index is 13.7. The molecule has 182 valence electrons. The summed E-state index contributed by atoms with van der Waals surface area (Å²) in [5.41, 5.74) is 2.80. The number of hydrogen-bond donors (Lipinski definition) is 1. The van der Waals surface area contributed by atoms with Gasteiger partial charge in [-0.25, -0.2) is 14.0 Å². The predicted molar refractivity (Wildman–Crippen MR) is 128 cm³/mol. The Morgan fingerprint density at radius 2 is 1.79 bits per heavy atom. The van der Waals surface area contributed by atoms with Gasteiger partial charge in [0.2, 0.25) is 0 Å². The molecule has 0 spiro atoms. The monoisotopic (exact) mass is 470 g/mol. The summed E-state index contributed by atoms with van der Waals surface area (Å²) in [7, 11) is 1.59. The maximum atomic E-state index is 13.7. The van der Waals surface area contributed by atoms with Crippen molar-refractivity contribution in [2.24, 2.45) is 0 Å². The second-order valence-electron chi connectivity index (χ2n) is 9.47. The maximum Gasteiger partial charge on any atom is 0.410 e. The second kappa shape index (κ2) is 9.40. The molecule has 0 saturated carbocycles. The minimum Gasteiger partial charge on any atom is -0.497 e. The van der Waals surface area contributed by atoms with Gasteiger partial charge in [-0.05, 0) is 38.5 Å². The number of nitrogens with one attached hydrogen (secondary N) is 1. The van der Waals surface area contributed by atoms with Crippen LogP contribution in [-0.4, -0.2) is 55.9 Å². The molecule has 0 unspecified atom stereocenters. The van der Waals surface area contributed by atoms with Crippen LogP contribution in [0.15, 0.2) is 36.4 Å². The van der Waals surface area contributed by atoms with Gasteiger partial charge in [0.25, 0.3) is 0 Å². The number of anilines is 2. The fourth-order valence-electron chi connectivity index (χ4n) is 4.24. The second-order valence-corrected chi connectivity index (χ2v) is 9.47. The fourth-order valence-corrected chi connectivity index (χ4v) is 4.24. The molecular weight excluding hydrogens is 439 g/mol. The Bertz CT molecular complexity index is 1080. The van der Waals surface area contributed by atoms with Crippen LogP contribution < -0.4 is 19.9 Å². The van der Waals surface area contributed by atoms with Gasteiger partial charge in [0.05, 0.1) is 19.3 Å². The third-order valence-corrected chi connectivity index (χ3v) is 5.87. The van der Waals surface area contributed by atoms with E-state index in [4.69, 9.17) is 9.47 Å². The van der Waals surface area contributed by atoms with Crippen molar-refractivity contribution in [3.63, 3.8) is 0 Å². The summed E-state index contributed by atoms with van der Waals surface area (Å²) in [6, 6.07) is 9.79. The van der Waals surface area contributed by atoms with E-state index in [0.717, 1.165) is 16.9 Å². The molecule has 2 aliphatic heterocycles. The van der Waals surface area contributed by atoms with Crippen LogP contribution in [0, 0.1) is 5.82 Å². The standard InChI is InChI=1S/C25H31FN4O4/c1-25(2,3)34-24(32)29-10-8-28(9-11-29)21-13-19(33-4)14-22-20(21)15-27-23(31)30(22)16-17-6-5-7-18(26)12-17/h5-7,12-14H,8-11,15-16H2,1-4H3,(H,27,31). The molecule has 0 aromatic heterocycles. The number of hydrogen-bond acceptors (Lipinski definition) is 5. The van der Waals surface area contributed by atoms with Gasteiger partial charge in [-0.2, -0.15) is 0 Å². The van der Waals surface area contributed by atoms with Crippen molar-refractivity contribution < 1.29 is 23.5 Å². The number of halogens is 1. The molecule has 0 radical (unpaired) electrons. The summed E-state index contributed by atoms with van der Waals surface area (Å²) in [6.07, 6.45) is -0.312. The Kier molecular flexibility index (Phi) is 6.54.